The zero-order chi connectivity index (χ0) is 19.8. The van der Waals surface area contributed by atoms with Crippen molar-refractivity contribution in [2.75, 3.05) is 14.1 Å². The first kappa shape index (κ1) is 18.0. The lowest BCUT2D eigenvalue weighted by Crippen LogP contribution is -2.26. The van der Waals surface area contributed by atoms with Crippen molar-refractivity contribution in [1.82, 2.24) is 14.8 Å². The van der Waals surface area contributed by atoms with Crippen LogP contribution in [-0.4, -0.2) is 28.9 Å². The Balaban J connectivity index is 1.63. The molecule has 29 heavy (non-hydrogen) atoms. The number of likely N-dealkylation sites (N-methyl/N-ethyl adjacent to an activating group) is 2. The molecule has 0 bridgehead atoms. The zero-order valence-corrected chi connectivity index (χ0v) is 16.8. The molecule has 1 aliphatic rings. The molecule has 3 heteroatoms. The molecule has 1 aromatic heterocycles. The van der Waals surface area contributed by atoms with Gasteiger partial charge in [0.05, 0.1) is 23.8 Å². The Labute approximate surface area is 172 Å². The molecule has 3 nitrogen and oxygen atoms in total. The van der Waals surface area contributed by atoms with Gasteiger partial charge >= 0.3 is 0 Å². The Morgan fingerprint density at radius 1 is 0.621 bits per heavy atom. The highest BCUT2D eigenvalue weighted by Crippen LogP contribution is 2.50. The van der Waals surface area contributed by atoms with Crippen molar-refractivity contribution < 1.29 is 0 Å². The molecule has 1 saturated heterocycles. The Bertz CT molecular complexity index is 1060. The molecule has 0 unspecified atom stereocenters. The largest absolute Gasteiger partial charge is 0.278 e. The second kappa shape index (κ2) is 7.43. The molecule has 2 heterocycles. The average molecular weight is 380 g/mol. The predicted molar refractivity (Wildman–Crippen MR) is 118 cm³/mol. The van der Waals surface area contributed by atoms with Crippen LogP contribution in [0.1, 0.15) is 34.9 Å². The number of hydrogen-bond acceptors (Lipinski definition) is 3. The molecule has 5 rings (SSSR count). The quantitative estimate of drug-likeness (QED) is 0.462. The van der Waals surface area contributed by atoms with Crippen LogP contribution >= 0.6 is 0 Å². The van der Waals surface area contributed by atoms with E-state index in [2.05, 4.69) is 109 Å². The maximum absolute atomic E-state index is 4.74. The summed E-state index contributed by atoms with van der Waals surface area (Å²) in [5.41, 5.74) is 4.95. The first-order chi connectivity index (χ1) is 14.2. The normalized spacial score (nSPS) is 21.0. The minimum absolute atomic E-state index is 0.155. The first-order valence-electron chi connectivity index (χ1n) is 10.1. The van der Waals surface area contributed by atoms with Gasteiger partial charge in [-0.1, -0.05) is 78.9 Å². The van der Waals surface area contributed by atoms with Gasteiger partial charge in [-0.05, 0) is 37.4 Å². The van der Waals surface area contributed by atoms with Gasteiger partial charge in [0, 0.05) is 17.1 Å². The second-order valence-electron chi connectivity index (χ2n) is 7.88. The summed E-state index contributed by atoms with van der Waals surface area (Å²) in [6.45, 7) is 0. The van der Waals surface area contributed by atoms with Crippen LogP contribution in [-0.2, 0) is 0 Å². The van der Waals surface area contributed by atoms with Crippen LogP contribution in [0.15, 0.2) is 97.2 Å². The van der Waals surface area contributed by atoms with Gasteiger partial charge in [0.25, 0.3) is 0 Å². The number of pyridine rings is 1. The Morgan fingerprint density at radius 3 is 1.72 bits per heavy atom. The number of benzene rings is 3. The maximum Gasteiger partial charge on any atom is 0.0907 e. The zero-order valence-electron chi connectivity index (χ0n) is 16.8. The Hall–Kier alpha value is -3.01. The van der Waals surface area contributed by atoms with Crippen molar-refractivity contribution in [2.45, 2.75) is 18.2 Å². The van der Waals surface area contributed by atoms with Crippen molar-refractivity contribution in [3.63, 3.8) is 0 Å². The number of hydrogen-bond donors (Lipinski definition) is 0. The van der Waals surface area contributed by atoms with Crippen LogP contribution in [0, 0.1) is 0 Å². The smallest absolute Gasteiger partial charge is 0.0907 e. The van der Waals surface area contributed by atoms with E-state index < -0.39 is 0 Å². The molecule has 2 atom stereocenters. The summed E-state index contributed by atoms with van der Waals surface area (Å²) in [5, 5.41) is 1.19. The van der Waals surface area contributed by atoms with E-state index in [-0.39, 0.29) is 18.2 Å². The summed E-state index contributed by atoms with van der Waals surface area (Å²) in [7, 11) is 4.47. The minimum atomic E-state index is 0.155. The third kappa shape index (κ3) is 3.13. The lowest BCUT2D eigenvalue weighted by atomic mass is 9.93. The summed E-state index contributed by atoms with van der Waals surface area (Å²) in [4.78, 5) is 9.71. The molecule has 4 aromatic rings. The number of rotatable bonds is 3. The SMILES string of the molecule is CN1C(c2cnc3ccccc3c2)N(C)[C@@H](c2ccccc2)[C@@H]1c1ccccc1. The molecule has 0 spiro atoms. The third-order valence-corrected chi connectivity index (χ3v) is 6.14. The van der Waals surface area contributed by atoms with E-state index in [1.165, 1.54) is 22.1 Å². The molecular formula is C26H25N3. The molecule has 3 aromatic carbocycles. The van der Waals surface area contributed by atoms with Crippen LogP contribution < -0.4 is 0 Å². The molecule has 0 N–H and O–H groups in total. The van der Waals surface area contributed by atoms with Crippen molar-refractivity contribution in [3.05, 3.63) is 114 Å². The fraction of sp³-hybridized carbons (Fsp3) is 0.192. The third-order valence-electron chi connectivity index (χ3n) is 6.14. The van der Waals surface area contributed by atoms with Gasteiger partial charge in [-0.3, -0.25) is 14.8 Å². The molecule has 0 amide bonds. The van der Waals surface area contributed by atoms with Gasteiger partial charge in [-0.2, -0.15) is 0 Å². The van der Waals surface area contributed by atoms with Crippen LogP contribution in [0.4, 0.5) is 0 Å². The van der Waals surface area contributed by atoms with E-state index >= 15 is 0 Å². The van der Waals surface area contributed by atoms with Crippen LogP contribution in [0.5, 0.6) is 0 Å². The van der Waals surface area contributed by atoms with Gasteiger partial charge in [0.2, 0.25) is 0 Å². The Morgan fingerprint density at radius 2 is 1.14 bits per heavy atom. The van der Waals surface area contributed by atoms with Gasteiger partial charge in [0.1, 0.15) is 0 Å². The van der Waals surface area contributed by atoms with Gasteiger partial charge in [-0.15, -0.1) is 0 Å². The van der Waals surface area contributed by atoms with Crippen LogP contribution in [0.3, 0.4) is 0 Å². The standard InChI is InChI=1S/C26H25N3/c1-28-24(19-11-5-3-6-12-19)25(20-13-7-4-8-14-20)29(2)26(28)22-17-21-15-9-10-16-23(21)27-18-22/h3-18,24-26H,1-2H3/t24-,25-/m0/s1. The topological polar surface area (TPSA) is 19.4 Å². The number of fused-ring (bicyclic) bond motifs is 1. The monoisotopic (exact) mass is 379 g/mol. The highest BCUT2D eigenvalue weighted by molar-refractivity contribution is 5.78. The highest BCUT2D eigenvalue weighted by Gasteiger charge is 2.45. The predicted octanol–water partition coefficient (Wildman–Crippen LogP) is 5.59. The van der Waals surface area contributed by atoms with Gasteiger partial charge < -0.3 is 0 Å². The van der Waals surface area contributed by atoms with Crippen molar-refractivity contribution >= 4 is 10.9 Å². The van der Waals surface area contributed by atoms with E-state index in [0.717, 1.165) is 5.52 Å². The summed E-state index contributed by atoms with van der Waals surface area (Å²) in [6, 6.07) is 32.8. The lowest BCUT2D eigenvalue weighted by Gasteiger charge is -2.27. The van der Waals surface area contributed by atoms with Crippen molar-refractivity contribution in [2.24, 2.45) is 0 Å². The molecule has 0 saturated carbocycles. The fourth-order valence-corrected chi connectivity index (χ4v) is 4.87. The molecule has 0 aliphatic carbocycles. The van der Waals surface area contributed by atoms with E-state index in [0.29, 0.717) is 0 Å². The van der Waals surface area contributed by atoms with Crippen molar-refractivity contribution in [1.29, 1.82) is 0 Å². The lowest BCUT2D eigenvalue weighted by molar-refractivity contribution is 0.164. The van der Waals surface area contributed by atoms with Gasteiger partial charge in [-0.25, -0.2) is 0 Å². The van der Waals surface area contributed by atoms with E-state index in [1.54, 1.807) is 0 Å². The number of nitrogens with zero attached hydrogens (tertiary/aromatic N) is 3. The number of aromatic nitrogens is 1. The highest BCUT2D eigenvalue weighted by atomic mass is 15.4. The summed E-state index contributed by atoms with van der Waals surface area (Å²) in [6.07, 6.45) is 2.19. The second-order valence-corrected chi connectivity index (χ2v) is 7.88. The van der Waals surface area contributed by atoms with E-state index in [9.17, 15) is 0 Å². The maximum atomic E-state index is 4.74. The molecule has 144 valence electrons. The average Bonchev–Trinajstić information content (AvgIpc) is 3.04. The Kier molecular flexibility index (Phi) is 4.62. The van der Waals surface area contributed by atoms with Gasteiger partial charge in [0.15, 0.2) is 0 Å². The first-order valence-corrected chi connectivity index (χ1v) is 10.1. The molecule has 0 radical (unpaired) electrons. The van der Waals surface area contributed by atoms with Crippen molar-refractivity contribution in [3.8, 4) is 0 Å². The summed E-state index contributed by atoms with van der Waals surface area (Å²) in [5.74, 6) is 0. The molecule has 1 fully saturated rings. The van der Waals surface area contributed by atoms with E-state index in [4.69, 9.17) is 4.98 Å². The number of para-hydroxylation sites is 1. The minimum Gasteiger partial charge on any atom is -0.278 e. The summed E-state index contributed by atoms with van der Waals surface area (Å²) < 4.78 is 0. The summed E-state index contributed by atoms with van der Waals surface area (Å²) >= 11 is 0. The molecule has 1 aliphatic heterocycles. The molecular weight excluding hydrogens is 354 g/mol. The van der Waals surface area contributed by atoms with E-state index in [1.807, 2.05) is 12.3 Å². The fourth-order valence-electron chi connectivity index (χ4n) is 4.87. The van der Waals surface area contributed by atoms with Crippen LogP contribution in [0.25, 0.3) is 10.9 Å². The van der Waals surface area contributed by atoms with Crippen LogP contribution in [0.2, 0.25) is 0 Å².